The number of hydrogen-bond donors (Lipinski definition) is 4. The smallest absolute Gasteiger partial charge is 0.240 e. The molecular formula is C103H98N8O18S2. The number of ketones is 4. The zero-order valence-electron chi connectivity index (χ0n) is 72.6. The van der Waals surface area contributed by atoms with Gasteiger partial charge in [0, 0.05) is 110 Å². The molecule has 1 atom stereocenters. The van der Waals surface area contributed by atoms with Gasteiger partial charge in [-0.3, -0.25) is 39.1 Å². The minimum absolute atomic E-state index is 0. The molecule has 4 fully saturated rings. The van der Waals surface area contributed by atoms with Crippen molar-refractivity contribution in [3.63, 3.8) is 0 Å². The first kappa shape index (κ1) is 87.9. The van der Waals surface area contributed by atoms with Crippen molar-refractivity contribution >= 4 is 43.2 Å². The Hall–Kier alpha value is -13.8. The van der Waals surface area contributed by atoms with Crippen molar-refractivity contribution in [2.24, 2.45) is 0 Å². The molecule has 13 aromatic rings. The lowest BCUT2D eigenvalue weighted by atomic mass is 9.88. The summed E-state index contributed by atoms with van der Waals surface area (Å²) in [6, 6.07) is 68.8. The number of aliphatic hydroxyl groups is 1. The molecule has 4 saturated carbocycles. The zero-order chi connectivity index (χ0) is 90.7. The van der Waals surface area contributed by atoms with Gasteiger partial charge >= 0.3 is 0 Å². The summed E-state index contributed by atoms with van der Waals surface area (Å²) >= 11 is 0. The minimum atomic E-state index is -3.73. The van der Waals surface area contributed by atoms with E-state index in [2.05, 4.69) is 59.5 Å². The molecule has 131 heavy (non-hydrogen) atoms. The number of nitrogens with one attached hydrogen (secondary N) is 3. The number of benzene rings is 8. The van der Waals surface area contributed by atoms with E-state index in [9.17, 15) is 36.0 Å². The second-order valence-corrected chi connectivity index (χ2v) is 37.6. The van der Waals surface area contributed by atoms with Gasteiger partial charge in [-0.05, 0) is 238 Å². The number of Topliss-reactive ketones (excluding diaryl/α,β-unsaturated/α-hetero) is 4. The highest BCUT2D eigenvalue weighted by atomic mass is 32.2. The van der Waals surface area contributed by atoms with Gasteiger partial charge in [0.25, 0.3) is 0 Å². The first-order valence-electron chi connectivity index (χ1n) is 43.6. The van der Waals surface area contributed by atoms with E-state index in [1.165, 1.54) is 12.1 Å². The third-order valence-corrected chi connectivity index (χ3v) is 28.5. The van der Waals surface area contributed by atoms with Crippen LogP contribution in [0.1, 0.15) is 122 Å². The summed E-state index contributed by atoms with van der Waals surface area (Å²) in [5.74, 6) is 7.21. The number of hydrogen-bond acceptors (Lipinski definition) is 23. The maximum atomic E-state index is 13.4. The lowest BCUT2D eigenvalue weighted by Gasteiger charge is -2.16. The van der Waals surface area contributed by atoms with E-state index in [-0.39, 0.29) is 87.5 Å². The highest BCUT2D eigenvalue weighted by Crippen LogP contribution is 2.56. The molecule has 0 radical (unpaired) electrons. The first-order valence-corrected chi connectivity index (χ1v) is 46.5. The third-order valence-electron chi connectivity index (χ3n) is 25.4. The minimum Gasteiger partial charge on any atom is -0.497 e. The van der Waals surface area contributed by atoms with Gasteiger partial charge < -0.3 is 52.7 Å². The molecule has 4 aliphatic carbocycles. The van der Waals surface area contributed by atoms with Gasteiger partial charge in [0.2, 0.25) is 47.2 Å². The number of aryl methyl sites for hydroxylation is 2. The predicted octanol–water partition coefficient (Wildman–Crippen LogP) is 16.1. The number of sulfonamides is 2. The Kier molecular flexibility index (Phi) is 24.8. The first-order chi connectivity index (χ1) is 63.5. The van der Waals surface area contributed by atoms with Gasteiger partial charge in [-0.2, -0.15) is 0 Å². The Morgan fingerprint density at radius 3 is 1.30 bits per heavy atom. The number of ether oxygens (including phenoxy) is 9. The van der Waals surface area contributed by atoms with E-state index in [4.69, 9.17) is 52.7 Å². The lowest BCUT2D eigenvalue weighted by Crippen LogP contribution is -2.34. The van der Waals surface area contributed by atoms with Crippen LogP contribution in [0.15, 0.2) is 259 Å². The highest BCUT2D eigenvalue weighted by Gasteiger charge is 2.54. The number of aromatic amines is 1. The highest BCUT2D eigenvalue weighted by molar-refractivity contribution is 7.89. The van der Waals surface area contributed by atoms with Crippen molar-refractivity contribution in [2.75, 3.05) is 47.4 Å². The number of pyridine rings is 4. The number of rotatable bonds is 30. The van der Waals surface area contributed by atoms with Crippen LogP contribution in [-0.2, 0) is 93.0 Å². The van der Waals surface area contributed by atoms with E-state index < -0.39 is 47.7 Å². The number of imidazole rings is 1. The fourth-order valence-corrected chi connectivity index (χ4v) is 19.4. The Balaban J connectivity index is 0.000000123. The molecule has 4 N–H and O–H groups in total. The molecule has 0 saturated heterocycles. The summed E-state index contributed by atoms with van der Waals surface area (Å²) < 4.78 is 104. The number of carbonyl (C=O) groups is 4. The molecular weight excluding hydrogens is 1700 g/mol. The summed E-state index contributed by atoms with van der Waals surface area (Å²) in [7, 11) is -5.71. The van der Waals surface area contributed by atoms with Crippen molar-refractivity contribution in [1.82, 2.24) is 39.3 Å². The Morgan fingerprint density at radius 2 is 0.870 bits per heavy atom. The molecule has 8 aromatic carbocycles. The molecule has 8 aliphatic rings. The maximum absolute atomic E-state index is 13.4. The van der Waals surface area contributed by atoms with Crippen LogP contribution in [0.5, 0.6) is 51.7 Å². The molecule has 9 heterocycles. The third kappa shape index (κ3) is 19.2. The number of methoxy groups -OCH3 is 1. The summed E-state index contributed by atoms with van der Waals surface area (Å²) in [6.45, 7) is 6.52. The normalized spacial score (nSPS) is 15.9. The van der Waals surface area contributed by atoms with Crippen molar-refractivity contribution in [3.05, 3.63) is 311 Å². The average Bonchev–Trinajstić information content (AvgIpc) is 1.60. The van der Waals surface area contributed by atoms with Crippen molar-refractivity contribution < 1.29 is 85.2 Å². The van der Waals surface area contributed by atoms with Crippen LogP contribution in [0.25, 0.3) is 44.8 Å². The lowest BCUT2D eigenvalue weighted by molar-refractivity contribution is -0.121. The number of carbonyl (C=O) groups excluding carboxylic acids is 4. The summed E-state index contributed by atoms with van der Waals surface area (Å²) in [4.78, 5) is 78.8. The molecule has 4 aliphatic heterocycles. The summed E-state index contributed by atoms with van der Waals surface area (Å²) in [6.07, 6.45) is 15.3. The monoisotopic (exact) mass is 1800 g/mol. The van der Waals surface area contributed by atoms with Crippen LogP contribution < -0.4 is 52.1 Å². The number of aliphatic hydroxyl groups excluding tert-OH is 1. The van der Waals surface area contributed by atoms with Crippen molar-refractivity contribution in [2.45, 2.75) is 142 Å². The van der Waals surface area contributed by atoms with Gasteiger partial charge in [0.15, 0.2) is 46.0 Å². The van der Waals surface area contributed by atoms with E-state index in [0.29, 0.717) is 65.0 Å². The molecule has 5 aromatic heterocycles. The predicted molar refractivity (Wildman–Crippen MR) is 490 cm³/mol. The molecule has 0 bridgehead atoms. The van der Waals surface area contributed by atoms with Crippen LogP contribution >= 0.6 is 0 Å². The second kappa shape index (κ2) is 37.0. The van der Waals surface area contributed by atoms with Gasteiger partial charge in [-0.25, -0.2) is 31.3 Å². The molecule has 26 nitrogen and oxygen atoms in total. The van der Waals surface area contributed by atoms with E-state index >= 15 is 0 Å². The fraction of sp³-hybridized carbons (Fsp3) is 0.272. The van der Waals surface area contributed by atoms with Crippen molar-refractivity contribution in [3.8, 4) is 96.5 Å². The zero-order valence-corrected chi connectivity index (χ0v) is 74.3. The SMILES string of the molecule is COc1cccc(-c2cnc(CC(=O)C3(c4ccc5c(c4)OCO5)CC3)cc2C)c1.C[C@H](CO)NS(=O)(=O)c1ccc(-c2cccc(CC(=O)C3(c4ccc5c(c4)OCO5)CC3)n2)cc1.Cc1cc(-c2ccccc2)cnc1CC(=O)C1(c2ccc3c(c2)OCO3)CC1.O=C(Cc1cccc(-c2ccc(S(=O)(=O)NCCc3cnc[nH]3)cc2)n1)C1(c2ccc3c(c2)OCO3)CC1.[HH]. The van der Waals surface area contributed by atoms with E-state index in [1.807, 2.05) is 177 Å². The quantitative estimate of drug-likeness (QED) is 0.0325. The average molecular weight is 1800 g/mol. The number of fused-ring (bicyclic) bond motifs is 4. The van der Waals surface area contributed by atoms with Gasteiger partial charge in [-0.15, -0.1) is 0 Å². The number of aromatic nitrogens is 6. The van der Waals surface area contributed by atoms with Gasteiger partial charge in [0.05, 0.1) is 68.6 Å². The van der Waals surface area contributed by atoms with Crippen LogP contribution in [0, 0.1) is 13.8 Å². The standard InChI is InChI=1S/C28H26N4O5S.C26H26N2O6S.C25H23NO4.C24H21NO3.H2/c33-27(28(11-12-28)20-6-9-25-26(14-20)37-18-36-25)15-21-2-1-3-24(32-21)19-4-7-23(8-5-19)38(34,35)31-13-10-22-16-29-17-30-22;1-17(15-29)28-35(31,32)21-8-5-18(6-9-21)22-4-2-3-20(27-22)14-25(30)26(11-12-26)19-7-10-23-24(13-19)34-16-33-23;1-16-10-19(26-14-21(16)17-4-3-5-20(11-17)28-2)13-24(27)25(8-9-25)18-6-7-22-23(12-18)30-15-29-22;1-16-11-18(17-5-3-2-4-6-17)14-25-20(16)13-23(26)24(9-10-24)19-7-8-21-22(12-19)28-15-27-21;/h1-9,14,16-17,31H,10-13,15,18H2,(H,29,30);2-10,13,17,28-29H,11-12,14-16H2,1H3;3-7,10-12,14H,8-9,13,15H2,1-2H3;2-8,11-12,14H,9-10,13,15H2,1H3;1H/t;17-;;;/m.1.../s1. The molecule has 0 unspecified atom stereocenters. The van der Waals surface area contributed by atoms with Crippen LogP contribution in [0.4, 0.5) is 0 Å². The molecule has 21 rings (SSSR count). The molecule has 670 valence electrons. The molecule has 0 spiro atoms. The van der Waals surface area contributed by atoms with Crippen LogP contribution in [-0.4, -0.2) is 128 Å². The fourth-order valence-electron chi connectivity index (χ4n) is 17.2. The van der Waals surface area contributed by atoms with Crippen LogP contribution in [0.3, 0.4) is 0 Å². The largest absolute Gasteiger partial charge is 0.497 e. The van der Waals surface area contributed by atoms with Crippen molar-refractivity contribution in [1.29, 1.82) is 0 Å². The van der Waals surface area contributed by atoms with E-state index in [0.717, 1.165) is 164 Å². The Labute approximate surface area is 760 Å². The summed E-state index contributed by atoms with van der Waals surface area (Å²) in [5.41, 5.74) is 15.3. The van der Waals surface area contributed by atoms with Gasteiger partial charge in [-0.1, -0.05) is 103 Å². The van der Waals surface area contributed by atoms with Crippen LogP contribution in [0.2, 0.25) is 0 Å². The van der Waals surface area contributed by atoms with E-state index in [1.54, 1.807) is 63.0 Å². The molecule has 28 heteroatoms. The second-order valence-electron chi connectivity index (χ2n) is 34.1. The Bertz CT molecular complexity index is 6750. The Morgan fingerprint density at radius 1 is 0.435 bits per heavy atom. The van der Waals surface area contributed by atoms with Gasteiger partial charge in [0.1, 0.15) is 28.9 Å². The number of H-pyrrole nitrogens is 1. The topological polar surface area (TPSA) is 344 Å². The molecule has 0 amide bonds. The summed E-state index contributed by atoms with van der Waals surface area (Å²) in [5, 5.41) is 9.11. The maximum Gasteiger partial charge on any atom is 0.240 e. The number of nitrogens with zero attached hydrogens (tertiary/aromatic N) is 5.